The van der Waals surface area contributed by atoms with Gasteiger partial charge in [-0.05, 0) is 36.8 Å². The van der Waals surface area contributed by atoms with Crippen LogP contribution < -0.4 is 16.6 Å². The quantitative estimate of drug-likeness (QED) is 0.351. The van der Waals surface area contributed by atoms with Crippen molar-refractivity contribution in [3.05, 3.63) is 65.2 Å². The number of hydrogen-bond donors (Lipinski definition) is 3. The zero-order valence-corrected chi connectivity index (χ0v) is 11.9. The van der Waals surface area contributed by atoms with Gasteiger partial charge in [-0.2, -0.15) is 0 Å². The molecular formula is C15H17ClN4. The Hall–Kier alpha value is -2.04. The van der Waals surface area contributed by atoms with Crippen molar-refractivity contribution < 1.29 is 0 Å². The molecule has 1 unspecified atom stereocenters. The molecule has 0 radical (unpaired) electrons. The van der Waals surface area contributed by atoms with Crippen molar-refractivity contribution in [1.82, 2.24) is 5.43 Å². The molecule has 0 fully saturated rings. The average molecular weight is 289 g/mol. The minimum atomic E-state index is -0.0328. The summed E-state index contributed by atoms with van der Waals surface area (Å²) in [5.41, 5.74) is 4.57. The van der Waals surface area contributed by atoms with Crippen LogP contribution in [0.15, 0.2) is 59.6 Å². The molecule has 2 aromatic rings. The lowest BCUT2D eigenvalue weighted by Crippen LogP contribution is -2.36. The minimum absolute atomic E-state index is 0.0328. The molecule has 2 aromatic carbocycles. The SMILES string of the molecule is CC(N=C(NN)Nc1ccccc1)c1ccc(Cl)cc1. The molecule has 0 aromatic heterocycles. The maximum atomic E-state index is 5.88. The zero-order valence-electron chi connectivity index (χ0n) is 11.2. The van der Waals surface area contributed by atoms with Crippen LogP contribution in [-0.2, 0) is 0 Å². The Kier molecular flexibility index (Phi) is 4.98. The van der Waals surface area contributed by atoms with Crippen molar-refractivity contribution >= 4 is 23.2 Å². The zero-order chi connectivity index (χ0) is 14.4. The van der Waals surface area contributed by atoms with E-state index in [0.29, 0.717) is 11.0 Å². The first-order valence-corrected chi connectivity index (χ1v) is 6.69. The fourth-order valence-electron chi connectivity index (χ4n) is 1.77. The second-order valence-electron chi connectivity index (χ2n) is 4.34. The standard InChI is InChI=1S/C15H17ClN4/c1-11(12-7-9-13(16)10-8-12)18-15(20-17)19-14-5-3-2-4-6-14/h2-11H,17H2,1H3,(H2,18,19,20). The molecule has 104 valence electrons. The summed E-state index contributed by atoms with van der Waals surface area (Å²) in [6.07, 6.45) is 0. The topological polar surface area (TPSA) is 62.4 Å². The normalized spacial score (nSPS) is 12.8. The maximum Gasteiger partial charge on any atom is 0.210 e. The van der Waals surface area contributed by atoms with E-state index >= 15 is 0 Å². The number of halogens is 1. The van der Waals surface area contributed by atoms with Crippen LogP contribution in [0.5, 0.6) is 0 Å². The van der Waals surface area contributed by atoms with E-state index in [2.05, 4.69) is 15.7 Å². The van der Waals surface area contributed by atoms with Crippen LogP contribution in [0.3, 0.4) is 0 Å². The van der Waals surface area contributed by atoms with Crippen LogP contribution in [0, 0.1) is 0 Å². The van der Waals surface area contributed by atoms with Crippen LogP contribution >= 0.6 is 11.6 Å². The summed E-state index contributed by atoms with van der Waals surface area (Å²) in [5.74, 6) is 6.02. The van der Waals surface area contributed by atoms with Crippen LogP contribution in [0.4, 0.5) is 5.69 Å². The van der Waals surface area contributed by atoms with Crippen molar-refractivity contribution in [2.75, 3.05) is 5.32 Å². The number of guanidine groups is 1. The van der Waals surface area contributed by atoms with Gasteiger partial charge in [-0.1, -0.05) is 41.9 Å². The summed E-state index contributed by atoms with van der Waals surface area (Å²) >= 11 is 5.88. The molecule has 4 nitrogen and oxygen atoms in total. The molecule has 0 heterocycles. The summed E-state index contributed by atoms with van der Waals surface area (Å²) in [5, 5.41) is 3.84. The van der Waals surface area contributed by atoms with Gasteiger partial charge in [0.1, 0.15) is 0 Å². The highest BCUT2D eigenvalue weighted by atomic mass is 35.5. The van der Waals surface area contributed by atoms with Crippen LogP contribution in [0.2, 0.25) is 5.02 Å². The smallest absolute Gasteiger partial charge is 0.210 e. The van der Waals surface area contributed by atoms with Gasteiger partial charge >= 0.3 is 0 Å². The van der Waals surface area contributed by atoms with Crippen molar-refractivity contribution in [2.45, 2.75) is 13.0 Å². The highest BCUT2D eigenvalue weighted by Gasteiger charge is 2.05. The van der Waals surface area contributed by atoms with Gasteiger partial charge in [-0.15, -0.1) is 0 Å². The van der Waals surface area contributed by atoms with Crippen molar-refractivity contribution in [2.24, 2.45) is 10.8 Å². The van der Waals surface area contributed by atoms with E-state index < -0.39 is 0 Å². The average Bonchev–Trinajstić information content (AvgIpc) is 2.48. The molecule has 0 saturated heterocycles. The lowest BCUT2D eigenvalue weighted by atomic mass is 10.1. The molecule has 0 spiro atoms. The van der Waals surface area contributed by atoms with Gasteiger partial charge in [0.15, 0.2) is 0 Å². The number of rotatable bonds is 3. The molecule has 2 rings (SSSR count). The number of benzene rings is 2. The fraction of sp³-hybridized carbons (Fsp3) is 0.133. The van der Waals surface area contributed by atoms with E-state index in [9.17, 15) is 0 Å². The lowest BCUT2D eigenvalue weighted by molar-refractivity contribution is 0.804. The Morgan fingerprint density at radius 1 is 1.10 bits per heavy atom. The first kappa shape index (κ1) is 14.4. The Bertz CT molecular complexity index is 566. The number of para-hydroxylation sites is 1. The predicted octanol–water partition coefficient (Wildman–Crippen LogP) is 3.33. The number of nitrogens with zero attached hydrogens (tertiary/aromatic N) is 1. The van der Waals surface area contributed by atoms with E-state index in [4.69, 9.17) is 17.4 Å². The number of hydrogen-bond acceptors (Lipinski definition) is 2. The van der Waals surface area contributed by atoms with Crippen molar-refractivity contribution in [3.8, 4) is 0 Å². The fourth-order valence-corrected chi connectivity index (χ4v) is 1.90. The Morgan fingerprint density at radius 3 is 2.35 bits per heavy atom. The van der Waals surface area contributed by atoms with Gasteiger partial charge in [0.05, 0.1) is 6.04 Å². The summed E-state index contributed by atoms with van der Waals surface area (Å²) in [4.78, 5) is 4.52. The van der Waals surface area contributed by atoms with Gasteiger partial charge in [-0.3, -0.25) is 5.43 Å². The van der Waals surface area contributed by atoms with Crippen LogP contribution in [-0.4, -0.2) is 5.96 Å². The maximum absolute atomic E-state index is 5.88. The largest absolute Gasteiger partial charge is 0.325 e. The van der Waals surface area contributed by atoms with Gasteiger partial charge in [0.2, 0.25) is 5.96 Å². The number of nitrogens with one attached hydrogen (secondary N) is 2. The summed E-state index contributed by atoms with van der Waals surface area (Å²) in [7, 11) is 0. The Labute approximate surface area is 123 Å². The third-order valence-corrected chi connectivity index (χ3v) is 3.10. The number of aliphatic imine (C=N–C) groups is 1. The second kappa shape index (κ2) is 6.93. The third-order valence-electron chi connectivity index (χ3n) is 2.85. The molecular weight excluding hydrogens is 272 g/mol. The second-order valence-corrected chi connectivity index (χ2v) is 4.78. The first-order valence-electron chi connectivity index (χ1n) is 6.31. The highest BCUT2D eigenvalue weighted by Crippen LogP contribution is 2.19. The van der Waals surface area contributed by atoms with Crippen LogP contribution in [0.1, 0.15) is 18.5 Å². The molecule has 0 aliphatic carbocycles. The van der Waals surface area contributed by atoms with Gasteiger partial charge < -0.3 is 5.32 Å². The van der Waals surface area contributed by atoms with Gasteiger partial charge in [-0.25, -0.2) is 10.8 Å². The molecule has 0 aliphatic rings. The highest BCUT2D eigenvalue weighted by molar-refractivity contribution is 6.30. The minimum Gasteiger partial charge on any atom is -0.325 e. The van der Waals surface area contributed by atoms with E-state index in [1.54, 1.807) is 0 Å². The molecule has 20 heavy (non-hydrogen) atoms. The van der Waals surface area contributed by atoms with Crippen LogP contribution in [0.25, 0.3) is 0 Å². The Balaban J connectivity index is 2.12. The van der Waals surface area contributed by atoms with E-state index in [1.807, 2.05) is 61.5 Å². The molecule has 0 bridgehead atoms. The van der Waals surface area contributed by atoms with E-state index in [1.165, 1.54) is 0 Å². The molecule has 5 heteroatoms. The monoisotopic (exact) mass is 288 g/mol. The lowest BCUT2D eigenvalue weighted by Gasteiger charge is -2.13. The van der Waals surface area contributed by atoms with Gasteiger partial charge in [0.25, 0.3) is 0 Å². The molecule has 4 N–H and O–H groups in total. The van der Waals surface area contributed by atoms with E-state index in [0.717, 1.165) is 11.3 Å². The predicted molar refractivity (Wildman–Crippen MR) is 84.7 cm³/mol. The van der Waals surface area contributed by atoms with Crippen molar-refractivity contribution in [1.29, 1.82) is 0 Å². The molecule has 0 aliphatic heterocycles. The molecule has 1 atom stereocenters. The Morgan fingerprint density at radius 2 is 1.75 bits per heavy atom. The van der Waals surface area contributed by atoms with Crippen molar-refractivity contribution in [3.63, 3.8) is 0 Å². The van der Waals surface area contributed by atoms with E-state index in [-0.39, 0.29) is 6.04 Å². The number of hydrazine groups is 1. The first-order chi connectivity index (χ1) is 9.69. The summed E-state index contributed by atoms with van der Waals surface area (Å²) in [6.45, 7) is 1.99. The number of nitrogens with two attached hydrogens (primary N) is 1. The molecule has 0 amide bonds. The third kappa shape index (κ3) is 3.98. The summed E-state index contributed by atoms with van der Waals surface area (Å²) < 4.78 is 0. The summed E-state index contributed by atoms with van der Waals surface area (Å²) in [6, 6.07) is 17.3. The van der Waals surface area contributed by atoms with Gasteiger partial charge in [0, 0.05) is 10.7 Å². The number of anilines is 1. The molecule has 0 saturated carbocycles.